The SMILES string of the molecule is O=C(O)c1cnc(CNc2ccnc(C(F)(F)F)c2)s1. The summed E-state index contributed by atoms with van der Waals surface area (Å²) in [6, 6.07) is 2.27. The number of thiazole rings is 1. The number of aromatic carboxylic acids is 1. The summed E-state index contributed by atoms with van der Waals surface area (Å²) in [6.45, 7) is 0.138. The van der Waals surface area contributed by atoms with Crippen LogP contribution in [0.3, 0.4) is 0 Å². The van der Waals surface area contributed by atoms with Gasteiger partial charge in [-0.1, -0.05) is 0 Å². The molecule has 20 heavy (non-hydrogen) atoms. The van der Waals surface area contributed by atoms with Crippen molar-refractivity contribution < 1.29 is 23.1 Å². The maximum Gasteiger partial charge on any atom is 0.433 e. The van der Waals surface area contributed by atoms with Gasteiger partial charge in [-0.05, 0) is 12.1 Å². The van der Waals surface area contributed by atoms with Crippen molar-refractivity contribution in [2.75, 3.05) is 5.32 Å². The number of anilines is 1. The minimum atomic E-state index is -4.50. The van der Waals surface area contributed by atoms with Gasteiger partial charge in [-0.15, -0.1) is 11.3 Å². The lowest BCUT2D eigenvalue weighted by atomic mass is 10.3. The van der Waals surface area contributed by atoms with Crippen molar-refractivity contribution in [2.45, 2.75) is 12.7 Å². The van der Waals surface area contributed by atoms with Gasteiger partial charge >= 0.3 is 12.1 Å². The van der Waals surface area contributed by atoms with Gasteiger partial charge in [0.2, 0.25) is 0 Å². The van der Waals surface area contributed by atoms with Gasteiger partial charge in [0.25, 0.3) is 0 Å². The van der Waals surface area contributed by atoms with Crippen LogP contribution in [0, 0.1) is 0 Å². The Bertz CT molecular complexity index is 627. The van der Waals surface area contributed by atoms with Crippen LogP contribution in [0.1, 0.15) is 20.4 Å². The van der Waals surface area contributed by atoms with Crippen molar-refractivity contribution in [2.24, 2.45) is 0 Å². The van der Waals surface area contributed by atoms with E-state index in [1.807, 2.05) is 0 Å². The molecule has 0 aromatic carbocycles. The molecule has 0 unspecified atom stereocenters. The minimum absolute atomic E-state index is 0.0764. The highest BCUT2D eigenvalue weighted by Gasteiger charge is 2.32. The third-order valence-electron chi connectivity index (χ3n) is 2.26. The molecule has 5 nitrogen and oxygen atoms in total. The number of carboxylic acids is 1. The summed E-state index contributed by atoms with van der Waals surface area (Å²) in [6.07, 6.45) is -2.25. The molecule has 0 fully saturated rings. The van der Waals surface area contributed by atoms with Crippen molar-refractivity contribution in [1.82, 2.24) is 9.97 Å². The van der Waals surface area contributed by atoms with E-state index in [0.717, 1.165) is 23.6 Å². The molecule has 0 saturated carbocycles. The number of alkyl halides is 3. The lowest BCUT2D eigenvalue weighted by Gasteiger charge is -2.08. The zero-order chi connectivity index (χ0) is 14.8. The van der Waals surface area contributed by atoms with Gasteiger partial charge in [-0.2, -0.15) is 13.2 Å². The van der Waals surface area contributed by atoms with E-state index in [9.17, 15) is 18.0 Å². The number of halogens is 3. The zero-order valence-electron chi connectivity index (χ0n) is 9.81. The monoisotopic (exact) mass is 303 g/mol. The highest BCUT2D eigenvalue weighted by atomic mass is 32.1. The maximum atomic E-state index is 12.5. The summed E-state index contributed by atoms with van der Waals surface area (Å²) < 4.78 is 37.4. The number of nitrogens with zero attached hydrogens (tertiary/aromatic N) is 2. The highest BCUT2D eigenvalue weighted by Crippen LogP contribution is 2.28. The molecule has 2 rings (SSSR count). The quantitative estimate of drug-likeness (QED) is 0.908. The van der Waals surface area contributed by atoms with Gasteiger partial charge in [0, 0.05) is 11.9 Å². The topological polar surface area (TPSA) is 75.1 Å². The fourth-order valence-electron chi connectivity index (χ4n) is 1.36. The number of carbonyl (C=O) groups is 1. The van der Waals surface area contributed by atoms with E-state index in [1.54, 1.807) is 0 Å². The van der Waals surface area contributed by atoms with E-state index < -0.39 is 17.8 Å². The first kappa shape index (κ1) is 14.3. The molecule has 9 heteroatoms. The first-order valence-electron chi connectivity index (χ1n) is 5.31. The molecule has 0 amide bonds. The summed E-state index contributed by atoms with van der Waals surface area (Å²) >= 11 is 0.959. The van der Waals surface area contributed by atoms with E-state index in [2.05, 4.69) is 15.3 Å². The summed E-state index contributed by atoms with van der Waals surface area (Å²) in [5, 5.41) is 11.9. The van der Waals surface area contributed by atoms with E-state index >= 15 is 0 Å². The third kappa shape index (κ3) is 3.44. The number of aromatic nitrogens is 2. The Labute approximate surface area is 115 Å². The Balaban J connectivity index is 2.05. The molecule has 0 radical (unpaired) electrons. The average molecular weight is 303 g/mol. The maximum absolute atomic E-state index is 12.5. The second-order valence-electron chi connectivity index (χ2n) is 3.70. The zero-order valence-corrected chi connectivity index (χ0v) is 10.6. The van der Waals surface area contributed by atoms with Crippen LogP contribution in [0.4, 0.5) is 18.9 Å². The summed E-state index contributed by atoms with van der Waals surface area (Å²) in [5.41, 5.74) is -0.757. The Morgan fingerprint density at radius 1 is 1.40 bits per heavy atom. The van der Waals surface area contributed by atoms with E-state index in [4.69, 9.17) is 5.11 Å². The van der Waals surface area contributed by atoms with Crippen LogP contribution in [-0.4, -0.2) is 21.0 Å². The molecule has 2 N–H and O–H groups in total. The van der Waals surface area contributed by atoms with Crippen LogP contribution in [0.5, 0.6) is 0 Å². The Kier molecular flexibility index (Phi) is 3.89. The van der Waals surface area contributed by atoms with Crippen LogP contribution in [0.2, 0.25) is 0 Å². The molecular weight excluding hydrogens is 295 g/mol. The summed E-state index contributed by atoms with van der Waals surface area (Å²) in [4.78, 5) is 17.8. The molecule has 106 valence electrons. The third-order valence-corrected chi connectivity index (χ3v) is 3.24. The predicted octanol–water partition coefficient (Wildman–Crippen LogP) is 2.87. The van der Waals surface area contributed by atoms with Crippen molar-refractivity contribution >= 4 is 23.0 Å². The van der Waals surface area contributed by atoms with Crippen molar-refractivity contribution in [3.05, 3.63) is 40.1 Å². The molecule has 0 saturated heterocycles. The largest absolute Gasteiger partial charge is 0.477 e. The van der Waals surface area contributed by atoms with Gasteiger partial charge in [-0.3, -0.25) is 4.98 Å². The first-order valence-corrected chi connectivity index (χ1v) is 6.13. The number of rotatable bonds is 4. The van der Waals surface area contributed by atoms with E-state index in [0.29, 0.717) is 5.01 Å². The van der Waals surface area contributed by atoms with Crippen molar-refractivity contribution in [1.29, 1.82) is 0 Å². The van der Waals surface area contributed by atoms with Crippen LogP contribution in [0.25, 0.3) is 0 Å². The molecule has 2 aromatic rings. The van der Waals surface area contributed by atoms with Crippen molar-refractivity contribution in [3.8, 4) is 0 Å². The number of hydrogen-bond donors (Lipinski definition) is 2. The molecular formula is C11H8F3N3O2S. The Hall–Kier alpha value is -2.16. The van der Waals surface area contributed by atoms with Crippen LogP contribution < -0.4 is 5.32 Å². The molecule has 0 aliphatic rings. The van der Waals surface area contributed by atoms with Gasteiger partial charge < -0.3 is 10.4 Å². The Morgan fingerprint density at radius 3 is 2.75 bits per heavy atom. The predicted molar refractivity (Wildman–Crippen MR) is 65.6 cm³/mol. The van der Waals surface area contributed by atoms with Crippen LogP contribution in [-0.2, 0) is 12.7 Å². The first-order chi connectivity index (χ1) is 9.36. The lowest BCUT2D eigenvalue weighted by molar-refractivity contribution is -0.141. The average Bonchev–Trinajstić information content (AvgIpc) is 2.85. The van der Waals surface area contributed by atoms with Crippen LogP contribution in [0.15, 0.2) is 24.5 Å². The summed E-state index contributed by atoms with van der Waals surface area (Å²) in [5.74, 6) is -1.09. The van der Waals surface area contributed by atoms with Gasteiger partial charge in [0.1, 0.15) is 15.6 Å². The number of hydrogen-bond acceptors (Lipinski definition) is 5. The second kappa shape index (κ2) is 5.45. The van der Waals surface area contributed by atoms with Crippen molar-refractivity contribution in [3.63, 3.8) is 0 Å². The van der Waals surface area contributed by atoms with E-state index in [1.165, 1.54) is 12.3 Å². The molecule has 2 aromatic heterocycles. The number of nitrogens with one attached hydrogen (secondary N) is 1. The second-order valence-corrected chi connectivity index (χ2v) is 4.82. The smallest absolute Gasteiger partial charge is 0.433 e. The van der Waals surface area contributed by atoms with Gasteiger partial charge in [-0.25, -0.2) is 9.78 Å². The Morgan fingerprint density at radius 2 is 2.15 bits per heavy atom. The lowest BCUT2D eigenvalue weighted by Crippen LogP contribution is -2.08. The van der Waals surface area contributed by atoms with E-state index in [-0.39, 0.29) is 17.1 Å². The highest BCUT2D eigenvalue weighted by molar-refractivity contribution is 7.13. The summed E-state index contributed by atoms with van der Waals surface area (Å²) in [7, 11) is 0. The minimum Gasteiger partial charge on any atom is -0.477 e. The standard InChI is InChI=1S/C11H8F3N3O2S/c12-11(13,14)8-3-6(1-2-15-8)16-5-9-17-4-7(20-9)10(18)19/h1-4H,5H2,(H,15,16)(H,18,19). The molecule has 0 atom stereocenters. The number of pyridine rings is 1. The fraction of sp³-hybridized carbons (Fsp3) is 0.182. The molecule has 0 bridgehead atoms. The normalized spacial score (nSPS) is 11.3. The van der Waals surface area contributed by atoms with Crippen LogP contribution >= 0.6 is 11.3 Å². The fourth-order valence-corrected chi connectivity index (χ4v) is 2.06. The molecule has 0 spiro atoms. The molecule has 2 heterocycles. The molecule has 0 aliphatic heterocycles. The van der Waals surface area contributed by atoms with Gasteiger partial charge in [0.05, 0.1) is 12.7 Å². The molecule has 0 aliphatic carbocycles. The number of carboxylic acid groups (broad SMARTS) is 1. The van der Waals surface area contributed by atoms with Gasteiger partial charge in [0.15, 0.2) is 0 Å².